The molecule has 0 saturated carbocycles. The summed E-state index contributed by atoms with van der Waals surface area (Å²) in [4.78, 5) is 8.05. The minimum absolute atomic E-state index is 0.129. The highest BCUT2D eigenvalue weighted by molar-refractivity contribution is 5.38. The molecule has 1 atom stereocenters. The van der Waals surface area contributed by atoms with Crippen molar-refractivity contribution < 1.29 is 4.39 Å². The van der Waals surface area contributed by atoms with Crippen LogP contribution < -0.4 is 5.32 Å². The molecule has 2 heterocycles. The lowest BCUT2D eigenvalue weighted by Gasteiger charge is -2.16. The van der Waals surface area contributed by atoms with Gasteiger partial charge in [-0.3, -0.25) is 0 Å². The molecule has 1 N–H and O–H groups in total. The van der Waals surface area contributed by atoms with E-state index < -0.39 is 0 Å². The van der Waals surface area contributed by atoms with Gasteiger partial charge in [-0.2, -0.15) is 0 Å². The first-order chi connectivity index (χ1) is 13.2. The number of rotatable bonds is 6. The quantitative estimate of drug-likeness (QED) is 0.564. The summed E-state index contributed by atoms with van der Waals surface area (Å²) in [5.74, 6) is -0.262. The molecule has 0 aliphatic carbocycles. The van der Waals surface area contributed by atoms with Crippen molar-refractivity contribution in [1.29, 1.82) is 0 Å². The monoisotopic (exact) mass is 361 g/mol. The van der Waals surface area contributed by atoms with E-state index in [1.54, 1.807) is 47.9 Å². The maximum atomic E-state index is 14.4. The molecule has 2 aromatic heterocycles. The Morgan fingerprint density at radius 2 is 1.78 bits per heavy atom. The molecule has 2 aromatic carbocycles. The van der Waals surface area contributed by atoms with E-state index in [0.717, 1.165) is 16.8 Å². The van der Waals surface area contributed by atoms with Crippen LogP contribution in [0.4, 0.5) is 4.39 Å². The van der Waals surface area contributed by atoms with Gasteiger partial charge in [0, 0.05) is 43.1 Å². The van der Waals surface area contributed by atoms with Crippen LogP contribution in [0, 0.1) is 5.82 Å². The maximum absolute atomic E-state index is 14.4. The Labute approximate surface area is 157 Å². The molecule has 0 aliphatic heterocycles. The first-order valence-corrected chi connectivity index (χ1v) is 8.79. The van der Waals surface area contributed by atoms with E-state index in [2.05, 4.69) is 34.3 Å². The summed E-state index contributed by atoms with van der Waals surface area (Å²) in [6, 6.07) is 13.7. The fraction of sp³-hybridized carbons (Fsp3) is 0.143. The minimum Gasteiger partial charge on any atom is -0.306 e. The number of aromatic nitrogens is 4. The van der Waals surface area contributed by atoms with Crippen molar-refractivity contribution in [2.75, 3.05) is 0 Å². The highest BCUT2D eigenvalue weighted by atomic mass is 19.1. The first kappa shape index (κ1) is 17.2. The number of hydrogen-bond acceptors (Lipinski definition) is 3. The molecular formula is C21H20FN5. The molecule has 0 aliphatic rings. The van der Waals surface area contributed by atoms with E-state index in [1.165, 1.54) is 0 Å². The zero-order valence-corrected chi connectivity index (χ0v) is 15.0. The van der Waals surface area contributed by atoms with Crippen LogP contribution in [0.2, 0.25) is 0 Å². The summed E-state index contributed by atoms with van der Waals surface area (Å²) < 4.78 is 18.0. The maximum Gasteiger partial charge on any atom is 0.147 e. The van der Waals surface area contributed by atoms with Crippen molar-refractivity contribution in [3.63, 3.8) is 0 Å². The van der Waals surface area contributed by atoms with Crippen LogP contribution in [0.5, 0.6) is 0 Å². The Kier molecular flexibility index (Phi) is 4.80. The van der Waals surface area contributed by atoms with E-state index >= 15 is 0 Å². The van der Waals surface area contributed by atoms with Gasteiger partial charge in [-0.1, -0.05) is 18.2 Å². The Balaban J connectivity index is 1.44. The zero-order valence-electron chi connectivity index (χ0n) is 15.0. The predicted molar refractivity (Wildman–Crippen MR) is 102 cm³/mol. The van der Waals surface area contributed by atoms with Crippen molar-refractivity contribution in [2.45, 2.75) is 19.5 Å². The van der Waals surface area contributed by atoms with Gasteiger partial charge in [-0.25, -0.2) is 14.4 Å². The highest BCUT2D eigenvalue weighted by Crippen LogP contribution is 2.19. The summed E-state index contributed by atoms with van der Waals surface area (Å²) in [6.07, 6.45) is 10.4. The van der Waals surface area contributed by atoms with E-state index in [0.29, 0.717) is 12.2 Å². The third kappa shape index (κ3) is 3.80. The lowest BCUT2D eigenvalue weighted by molar-refractivity contribution is 0.568. The lowest BCUT2D eigenvalue weighted by atomic mass is 10.1. The molecule has 0 fully saturated rings. The van der Waals surface area contributed by atoms with Gasteiger partial charge in [-0.05, 0) is 42.3 Å². The van der Waals surface area contributed by atoms with Crippen molar-refractivity contribution in [3.8, 4) is 11.4 Å². The largest absolute Gasteiger partial charge is 0.306 e. The predicted octanol–water partition coefficient (Wildman–Crippen LogP) is 4.05. The standard InChI is InChI=1S/C21H20FN5/c1-16(18-3-2-4-19(12-18)26-9-7-23-14-26)25-13-17-5-6-21(20(22)11-17)27-10-8-24-15-27/h2-12,14-16,25H,13H2,1H3. The van der Waals surface area contributed by atoms with Crippen molar-refractivity contribution in [1.82, 2.24) is 24.4 Å². The smallest absolute Gasteiger partial charge is 0.147 e. The number of nitrogens with one attached hydrogen (secondary N) is 1. The van der Waals surface area contributed by atoms with Crippen LogP contribution in [0.3, 0.4) is 0 Å². The average Bonchev–Trinajstić information content (AvgIpc) is 3.40. The molecule has 0 radical (unpaired) electrons. The molecule has 6 heteroatoms. The number of nitrogens with zero attached hydrogens (tertiary/aromatic N) is 4. The fourth-order valence-corrected chi connectivity index (χ4v) is 3.03. The van der Waals surface area contributed by atoms with Crippen LogP contribution in [0.15, 0.2) is 79.9 Å². The van der Waals surface area contributed by atoms with Gasteiger partial charge in [0.05, 0.1) is 18.3 Å². The van der Waals surface area contributed by atoms with E-state index in [1.807, 2.05) is 29.0 Å². The van der Waals surface area contributed by atoms with Crippen LogP contribution in [0.1, 0.15) is 24.1 Å². The first-order valence-electron chi connectivity index (χ1n) is 8.79. The summed E-state index contributed by atoms with van der Waals surface area (Å²) in [5.41, 5.74) is 3.62. The Morgan fingerprint density at radius 1 is 1.00 bits per heavy atom. The van der Waals surface area contributed by atoms with Crippen LogP contribution in [-0.4, -0.2) is 19.1 Å². The molecule has 0 amide bonds. The van der Waals surface area contributed by atoms with Gasteiger partial charge in [0.25, 0.3) is 0 Å². The van der Waals surface area contributed by atoms with Gasteiger partial charge in [0.15, 0.2) is 0 Å². The molecular weight excluding hydrogens is 341 g/mol. The lowest BCUT2D eigenvalue weighted by Crippen LogP contribution is -2.18. The summed E-state index contributed by atoms with van der Waals surface area (Å²) in [5, 5.41) is 3.46. The second-order valence-corrected chi connectivity index (χ2v) is 6.42. The van der Waals surface area contributed by atoms with Crippen LogP contribution >= 0.6 is 0 Å². The summed E-state index contributed by atoms with van der Waals surface area (Å²) in [6.45, 7) is 2.68. The topological polar surface area (TPSA) is 47.7 Å². The van der Waals surface area contributed by atoms with Gasteiger partial charge in [0.1, 0.15) is 5.82 Å². The zero-order chi connectivity index (χ0) is 18.6. The van der Waals surface area contributed by atoms with Crippen LogP contribution in [-0.2, 0) is 6.54 Å². The average molecular weight is 361 g/mol. The molecule has 5 nitrogen and oxygen atoms in total. The third-order valence-electron chi connectivity index (χ3n) is 4.58. The highest BCUT2D eigenvalue weighted by Gasteiger charge is 2.09. The Morgan fingerprint density at radius 3 is 2.48 bits per heavy atom. The summed E-state index contributed by atoms with van der Waals surface area (Å²) in [7, 11) is 0. The Hall–Kier alpha value is -3.25. The van der Waals surface area contributed by atoms with Gasteiger partial charge in [-0.15, -0.1) is 0 Å². The van der Waals surface area contributed by atoms with Crippen molar-refractivity contribution >= 4 is 0 Å². The Bertz CT molecular complexity index is 1010. The number of imidazole rings is 2. The fourth-order valence-electron chi connectivity index (χ4n) is 3.03. The molecule has 0 spiro atoms. The minimum atomic E-state index is -0.262. The second kappa shape index (κ2) is 7.55. The molecule has 0 bridgehead atoms. The van der Waals surface area contributed by atoms with Gasteiger partial charge in [0.2, 0.25) is 0 Å². The molecule has 4 aromatic rings. The van der Waals surface area contributed by atoms with Gasteiger partial charge < -0.3 is 14.5 Å². The van der Waals surface area contributed by atoms with Gasteiger partial charge >= 0.3 is 0 Å². The molecule has 4 rings (SSSR count). The van der Waals surface area contributed by atoms with Crippen molar-refractivity contribution in [2.24, 2.45) is 0 Å². The van der Waals surface area contributed by atoms with E-state index in [9.17, 15) is 4.39 Å². The number of benzene rings is 2. The summed E-state index contributed by atoms with van der Waals surface area (Å²) >= 11 is 0. The molecule has 27 heavy (non-hydrogen) atoms. The molecule has 0 saturated heterocycles. The normalized spacial score (nSPS) is 12.2. The molecule has 136 valence electrons. The third-order valence-corrected chi connectivity index (χ3v) is 4.58. The van der Waals surface area contributed by atoms with E-state index in [4.69, 9.17) is 0 Å². The van der Waals surface area contributed by atoms with E-state index in [-0.39, 0.29) is 11.9 Å². The van der Waals surface area contributed by atoms with Crippen molar-refractivity contribution in [3.05, 3.63) is 96.9 Å². The SMILES string of the molecule is CC(NCc1ccc(-n2ccnc2)c(F)c1)c1cccc(-n2ccnc2)c1. The number of halogens is 1. The second-order valence-electron chi connectivity index (χ2n) is 6.42. The number of hydrogen-bond donors (Lipinski definition) is 1. The van der Waals surface area contributed by atoms with Crippen LogP contribution in [0.25, 0.3) is 11.4 Å². The molecule has 1 unspecified atom stereocenters.